The van der Waals surface area contributed by atoms with E-state index in [9.17, 15) is 14.0 Å². The monoisotopic (exact) mass is 495 g/mol. The highest BCUT2D eigenvalue weighted by Gasteiger charge is 2.20. The summed E-state index contributed by atoms with van der Waals surface area (Å²) in [6.45, 7) is 4.27. The van der Waals surface area contributed by atoms with Crippen LogP contribution in [0.4, 0.5) is 10.1 Å². The van der Waals surface area contributed by atoms with Gasteiger partial charge in [0.25, 0.3) is 5.91 Å². The van der Waals surface area contributed by atoms with Crippen LogP contribution >= 0.6 is 35.0 Å². The normalized spacial score (nSPS) is 11.8. The third-order valence-electron chi connectivity index (χ3n) is 4.44. The van der Waals surface area contributed by atoms with Gasteiger partial charge in [-0.05, 0) is 56.3 Å². The van der Waals surface area contributed by atoms with Gasteiger partial charge in [-0.25, -0.2) is 4.39 Å². The van der Waals surface area contributed by atoms with E-state index in [1.165, 1.54) is 42.1 Å². The lowest BCUT2D eigenvalue weighted by atomic mass is 10.2. The molecule has 3 aromatic rings. The van der Waals surface area contributed by atoms with Crippen LogP contribution in [0.5, 0.6) is 0 Å². The van der Waals surface area contributed by atoms with Gasteiger partial charge in [0.2, 0.25) is 5.91 Å². The summed E-state index contributed by atoms with van der Waals surface area (Å²) in [5, 5.41) is 15.1. The number of nitrogens with one attached hydrogen (secondary N) is 2. The molecule has 1 aromatic heterocycles. The van der Waals surface area contributed by atoms with Crippen LogP contribution in [0.25, 0.3) is 0 Å². The van der Waals surface area contributed by atoms with Crippen LogP contribution in [0.2, 0.25) is 10.0 Å². The zero-order chi connectivity index (χ0) is 23.3. The van der Waals surface area contributed by atoms with Crippen molar-refractivity contribution in [3.05, 3.63) is 69.7 Å². The van der Waals surface area contributed by atoms with Crippen LogP contribution in [0.15, 0.2) is 47.6 Å². The zero-order valence-electron chi connectivity index (χ0n) is 17.2. The molecule has 2 N–H and O–H groups in total. The van der Waals surface area contributed by atoms with E-state index in [2.05, 4.69) is 20.8 Å². The van der Waals surface area contributed by atoms with Gasteiger partial charge < -0.3 is 15.2 Å². The van der Waals surface area contributed by atoms with E-state index in [0.717, 1.165) is 0 Å². The topological polar surface area (TPSA) is 88.9 Å². The molecule has 7 nitrogen and oxygen atoms in total. The molecule has 0 saturated carbocycles. The summed E-state index contributed by atoms with van der Waals surface area (Å²) in [6.07, 6.45) is 0. The fourth-order valence-corrected chi connectivity index (χ4v) is 3.97. The summed E-state index contributed by atoms with van der Waals surface area (Å²) in [5.74, 6) is -0.299. The van der Waals surface area contributed by atoms with Gasteiger partial charge in [-0.1, -0.05) is 35.0 Å². The number of thioether (sulfide) groups is 1. The van der Waals surface area contributed by atoms with E-state index in [-0.39, 0.29) is 23.4 Å². The van der Waals surface area contributed by atoms with Crippen molar-refractivity contribution >= 4 is 52.5 Å². The number of carbonyl (C=O) groups is 2. The van der Waals surface area contributed by atoms with Crippen LogP contribution in [-0.2, 0) is 11.3 Å². The van der Waals surface area contributed by atoms with E-state index < -0.39 is 6.04 Å². The predicted molar refractivity (Wildman–Crippen MR) is 124 cm³/mol. The van der Waals surface area contributed by atoms with E-state index in [4.69, 9.17) is 23.2 Å². The lowest BCUT2D eigenvalue weighted by Crippen LogP contribution is -2.28. The Bertz CT molecular complexity index is 1120. The molecule has 0 fully saturated rings. The number of rotatable bonds is 8. The Kier molecular flexibility index (Phi) is 8.11. The Morgan fingerprint density at radius 2 is 1.84 bits per heavy atom. The van der Waals surface area contributed by atoms with E-state index in [1.807, 2.05) is 11.5 Å². The number of aromatic nitrogens is 3. The second-order valence-electron chi connectivity index (χ2n) is 6.75. The van der Waals surface area contributed by atoms with Crippen LogP contribution in [0.1, 0.15) is 36.1 Å². The van der Waals surface area contributed by atoms with E-state index in [1.54, 1.807) is 19.1 Å². The van der Waals surface area contributed by atoms with Crippen LogP contribution in [-0.4, -0.2) is 32.3 Å². The third-order valence-corrected chi connectivity index (χ3v) is 6.14. The first-order valence-corrected chi connectivity index (χ1v) is 11.4. The summed E-state index contributed by atoms with van der Waals surface area (Å²) in [7, 11) is 0. The van der Waals surface area contributed by atoms with Crippen molar-refractivity contribution in [1.29, 1.82) is 0 Å². The zero-order valence-corrected chi connectivity index (χ0v) is 19.6. The maximum Gasteiger partial charge on any atom is 0.251 e. The van der Waals surface area contributed by atoms with Gasteiger partial charge in [-0.3, -0.25) is 9.59 Å². The number of hydrogen-bond donors (Lipinski definition) is 2. The Hall–Kier alpha value is -2.62. The fourth-order valence-electron chi connectivity index (χ4n) is 2.87. The smallest absolute Gasteiger partial charge is 0.251 e. The highest BCUT2D eigenvalue weighted by atomic mass is 35.5. The van der Waals surface area contributed by atoms with Crippen molar-refractivity contribution in [3.8, 4) is 0 Å². The first-order chi connectivity index (χ1) is 15.3. The quantitative estimate of drug-likeness (QED) is 0.430. The van der Waals surface area contributed by atoms with Crippen molar-refractivity contribution in [3.63, 3.8) is 0 Å². The third kappa shape index (κ3) is 5.99. The molecule has 168 valence electrons. The standard InChI is InChI=1S/C21H20Cl2FN5O2S/c1-3-29-19(12(2)25-20(31)13-4-9-16(22)17(23)10-13)27-28-21(29)32-11-18(30)26-15-7-5-14(24)6-8-15/h4-10,12H,3,11H2,1-2H3,(H,25,31)(H,26,30)/t12-/m0/s1. The first-order valence-electron chi connectivity index (χ1n) is 9.65. The SMILES string of the molecule is CCn1c(SCC(=O)Nc2ccc(F)cc2)nnc1[C@H](C)NC(=O)c1ccc(Cl)c(Cl)c1. The number of anilines is 1. The number of halogens is 3. The molecule has 0 aliphatic carbocycles. The van der Waals surface area contributed by atoms with E-state index in [0.29, 0.717) is 38.8 Å². The Labute approximate surface area is 198 Å². The highest BCUT2D eigenvalue weighted by molar-refractivity contribution is 7.99. The van der Waals surface area contributed by atoms with Crippen molar-refractivity contribution in [1.82, 2.24) is 20.1 Å². The summed E-state index contributed by atoms with van der Waals surface area (Å²) in [4.78, 5) is 24.8. The van der Waals surface area contributed by atoms with Gasteiger partial charge in [0.05, 0.1) is 21.8 Å². The molecule has 0 radical (unpaired) electrons. The molecule has 1 atom stereocenters. The van der Waals surface area contributed by atoms with Gasteiger partial charge >= 0.3 is 0 Å². The second kappa shape index (κ2) is 10.8. The molecule has 0 spiro atoms. The molecule has 3 rings (SSSR count). The molecule has 0 unspecified atom stereocenters. The van der Waals surface area contributed by atoms with Gasteiger partial charge in [-0.15, -0.1) is 10.2 Å². The first kappa shape index (κ1) is 24.0. The van der Waals surface area contributed by atoms with Crippen molar-refractivity contribution < 1.29 is 14.0 Å². The largest absolute Gasteiger partial charge is 0.342 e. The minimum Gasteiger partial charge on any atom is -0.342 e. The fraction of sp³-hybridized carbons (Fsp3) is 0.238. The summed E-state index contributed by atoms with van der Waals surface area (Å²) in [6, 6.07) is 9.73. The number of carbonyl (C=O) groups excluding carboxylic acids is 2. The van der Waals surface area contributed by atoms with E-state index >= 15 is 0 Å². The summed E-state index contributed by atoms with van der Waals surface area (Å²) in [5.41, 5.74) is 0.883. The van der Waals surface area contributed by atoms with Crippen molar-refractivity contribution in [2.24, 2.45) is 0 Å². The van der Waals surface area contributed by atoms with Gasteiger partial charge in [-0.2, -0.15) is 0 Å². The van der Waals surface area contributed by atoms with Crippen LogP contribution in [0.3, 0.4) is 0 Å². The molecule has 2 aromatic carbocycles. The van der Waals surface area contributed by atoms with Crippen molar-refractivity contribution in [2.45, 2.75) is 31.6 Å². The molecule has 0 aliphatic heterocycles. The molecule has 2 amide bonds. The number of amides is 2. The molecule has 1 heterocycles. The maximum absolute atomic E-state index is 13.0. The number of nitrogens with zero attached hydrogens (tertiary/aromatic N) is 3. The second-order valence-corrected chi connectivity index (χ2v) is 8.51. The average Bonchev–Trinajstić information content (AvgIpc) is 3.19. The molecule has 0 aliphatic rings. The molecular formula is C21H20Cl2FN5O2S. The Morgan fingerprint density at radius 3 is 2.50 bits per heavy atom. The molecule has 0 saturated heterocycles. The van der Waals surface area contributed by atoms with Gasteiger partial charge in [0, 0.05) is 17.8 Å². The molecule has 32 heavy (non-hydrogen) atoms. The Balaban J connectivity index is 1.62. The molecular weight excluding hydrogens is 476 g/mol. The number of benzene rings is 2. The lowest BCUT2D eigenvalue weighted by molar-refractivity contribution is -0.113. The number of hydrogen-bond acceptors (Lipinski definition) is 5. The minimum atomic E-state index is -0.438. The summed E-state index contributed by atoms with van der Waals surface area (Å²) < 4.78 is 14.8. The van der Waals surface area contributed by atoms with Gasteiger partial charge in [0.15, 0.2) is 11.0 Å². The lowest BCUT2D eigenvalue weighted by Gasteiger charge is -2.15. The average molecular weight is 496 g/mol. The molecule has 11 heteroatoms. The highest BCUT2D eigenvalue weighted by Crippen LogP contribution is 2.24. The van der Waals surface area contributed by atoms with Crippen LogP contribution < -0.4 is 10.6 Å². The van der Waals surface area contributed by atoms with Gasteiger partial charge in [0.1, 0.15) is 5.82 Å². The maximum atomic E-state index is 13.0. The predicted octanol–water partition coefficient (Wildman–Crippen LogP) is 4.97. The minimum absolute atomic E-state index is 0.0967. The summed E-state index contributed by atoms with van der Waals surface area (Å²) >= 11 is 13.1. The Morgan fingerprint density at radius 1 is 1.12 bits per heavy atom. The van der Waals surface area contributed by atoms with Crippen molar-refractivity contribution in [2.75, 3.05) is 11.1 Å². The van der Waals surface area contributed by atoms with Crippen LogP contribution in [0, 0.1) is 5.82 Å². The molecule has 0 bridgehead atoms.